The fourth-order valence-electron chi connectivity index (χ4n) is 6.15. The fraction of sp³-hybridized carbons (Fsp3) is 0.485. The van der Waals surface area contributed by atoms with Crippen molar-refractivity contribution in [2.75, 3.05) is 37.6 Å². The van der Waals surface area contributed by atoms with Gasteiger partial charge in [-0.2, -0.15) is 0 Å². The van der Waals surface area contributed by atoms with E-state index in [1.54, 1.807) is 35.2 Å². The van der Waals surface area contributed by atoms with Crippen molar-refractivity contribution >= 4 is 35.2 Å². The Balaban J connectivity index is 1.43. The largest absolute Gasteiger partial charge is 0.355 e. The van der Waals surface area contributed by atoms with Gasteiger partial charge >= 0.3 is 0 Å². The second kappa shape index (κ2) is 13.6. The molecule has 2 saturated heterocycles. The molecular weight excluding hydrogens is 565 g/mol. The van der Waals surface area contributed by atoms with Crippen LogP contribution in [0, 0.1) is 11.7 Å². The Bertz CT molecular complexity index is 1450. The van der Waals surface area contributed by atoms with E-state index in [1.807, 2.05) is 13.8 Å². The van der Waals surface area contributed by atoms with E-state index in [4.69, 9.17) is 0 Å². The summed E-state index contributed by atoms with van der Waals surface area (Å²) >= 11 is 0. The SMILES string of the molecule is CC(C)[C@@H]1CN(C(=O)c2cccc(N3CCCC3=O)c2)CC(=O)NCCCc2ccc(F)c(c2)C(=O)N2CCC[C@H]2C(=O)N1. The number of fused-ring (bicyclic) bond motifs is 3. The summed E-state index contributed by atoms with van der Waals surface area (Å²) in [7, 11) is 0. The summed E-state index contributed by atoms with van der Waals surface area (Å²) in [6.45, 7) is 4.90. The van der Waals surface area contributed by atoms with Gasteiger partial charge in [0.25, 0.3) is 11.8 Å². The number of amides is 5. The Morgan fingerprint density at radius 3 is 2.55 bits per heavy atom. The van der Waals surface area contributed by atoms with Gasteiger partial charge in [0.1, 0.15) is 11.9 Å². The normalized spacial score (nSPS) is 22.1. The first-order valence-corrected chi connectivity index (χ1v) is 15.5. The molecule has 5 rings (SSSR count). The van der Waals surface area contributed by atoms with Crippen molar-refractivity contribution in [3.8, 4) is 0 Å². The summed E-state index contributed by atoms with van der Waals surface area (Å²) in [5.41, 5.74) is 1.66. The van der Waals surface area contributed by atoms with Crippen LogP contribution in [-0.2, 0) is 20.8 Å². The molecule has 10 nitrogen and oxygen atoms in total. The summed E-state index contributed by atoms with van der Waals surface area (Å²) in [5.74, 6) is -2.38. The van der Waals surface area contributed by atoms with Gasteiger partial charge in [0.05, 0.1) is 12.1 Å². The van der Waals surface area contributed by atoms with Crippen LogP contribution in [0.1, 0.15) is 72.2 Å². The predicted molar refractivity (Wildman–Crippen MR) is 162 cm³/mol. The number of halogens is 1. The van der Waals surface area contributed by atoms with Gasteiger partial charge in [-0.1, -0.05) is 26.0 Å². The lowest BCUT2D eigenvalue weighted by Gasteiger charge is -2.32. The number of hydrogen-bond acceptors (Lipinski definition) is 5. The van der Waals surface area contributed by atoms with E-state index in [2.05, 4.69) is 10.6 Å². The zero-order valence-corrected chi connectivity index (χ0v) is 25.3. The Morgan fingerprint density at radius 2 is 1.80 bits per heavy atom. The fourth-order valence-corrected chi connectivity index (χ4v) is 6.15. The predicted octanol–water partition coefficient (Wildman–Crippen LogP) is 2.90. The number of benzene rings is 2. The van der Waals surface area contributed by atoms with E-state index >= 15 is 0 Å². The lowest BCUT2D eigenvalue weighted by atomic mass is 10.0. The second-order valence-corrected chi connectivity index (χ2v) is 12.2. The second-order valence-electron chi connectivity index (χ2n) is 12.2. The Hall–Kier alpha value is -4.28. The lowest BCUT2D eigenvalue weighted by molar-refractivity contribution is -0.126. The molecule has 2 N–H and O–H groups in total. The van der Waals surface area contributed by atoms with Gasteiger partial charge < -0.3 is 25.3 Å². The van der Waals surface area contributed by atoms with Gasteiger partial charge in [-0.05, 0) is 73.9 Å². The molecule has 0 unspecified atom stereocenters. The summed E-state index contributed by atoms with van der Waals surface area (Å²) < 4.78 is 14.8. The Kier molecular flexibility index (Phi) is 9.61. The maximum atomic E-state index is 14.8. The number of nitrogens with one attached hydrogen (secondary N) is 2. The molecule has 2 bridgehead atoms. The number of carbonyl (C=O) groups is 5. The van der Waals surface area contributed by atoms with Gasteiger partial charge in [-0.3, -0.25) is 24.0 Å². The maximum absolute atomic E-state index is 14.8. The molecule has 3 aliphatic rings. The number of aryl methyl sites for hydroxylation is 1. The van der Waals surface area contributed by atoms with Crippen LogP contribution in [0.2, 0.25) is 0 Å². The van der Waals surface area contributed by atoms with E-state index in [1.165, 1.54) is 21.9 Å². The van der Waals surface area contributed by atoms with Crippen molar-refractivity contribution in [2.24, 2.45) is 5.92 Å². The molecule has 2 fully saturated rings. The summed E-state index contributed by atoms with van der Waals surface area (Å²) in [6.07, 6.45) is 3.32. The first-order valence-electron chi connectivity index (χ1n) is 15.5. The van der Waals surface area contributed by atoms with Crippen molar-refractivity contribution in [2.45, 2.75) is 64.5 Å². The van der Waals surface area contributed by atoms with E-state index in [-0.39, 0.29) is 42.3 Å². The molecule has 0 spiro atoms. The zero-order chi connectivity index (χ0) is 31.4. The molecular formula is C33H40FN5O5. The third kappa shape index (κ3) is 6.92. The molecule has 0 aromatic heterocycles. The van der Waals surface area contributed by atoms with Gasteiger partial charge in [0.2, 0.25) is 17.7 Å². The molecule has 2 aromatic carbocycles. The van der Waals surface area contributed by atoms with Crippen molar-refractivity contribution in [3.05, 3.63) is 65.0 Å². The summed E-state index contributed by atoms with van der Waals surface area (Å²) in [4.78, 5) is 71.0. The number of carbonyl (C=O) groups excluding carboxylic acids is 5. The van der Waals surface area contributed by atoms with Crippen LogP contribution < -0.4 is 15.5 Å². The third-order valence-electron chi connectivity index (χ3n) is 8.69. The molecule has 44 heavy (non-hydrogen) atoms. The van der Waals surface area contributed by atoms with Crippen molar-refractivity contribution in [3.63, 3.8) is 0 Å². The average molecular weight is 606 g/mol. The highest BCUT2D eigenvalue weighted by Crippen LogP contribution is 2.25. The minimum Gasteiger partial charge on any atom is -0.355 e. The highest BCUT2D eigenvalue weighted by Gasteiger charge is 2.37. The highest BCUT2D eigenvalue weighted by atomic mass is 19.1. The number of anilines is 1. The molecule has 3 aliphatic heterocycles. The van der Waals surface area contributed by atoms with Crippen LogP contribution in [0.3, 0.4) is 0 Å². The first kappa shape index (κ1) is 31.2. The molecule has 0 aliphatic carbocycles. The zero-order valence-electron chi connectivity index (χ0n) is 25.3. The van der Waals surface area contributed by atoms with E-state index in [0.29, 0.717) is 63.0 Å². The van der Waals surface area contributed by atoms with Gasteiger partial charge in [-0.25, -0.2) is 4.39 Å². The van der Waals surface area contributed by atoms with Crippen LogP contribution in [0.25, 0.3) is 0 Å². The Morgan fingerprint density at radius 1 is 0.977 bits per heavy atom. The number of hydrogen-bond donors (Lipinski definition) is 2. The molecule has 2 aromatic rings. The third-order valence-corrected chi connectivity index (χ3v) is 8.69. The first-order chi connectivity index (χ1) is 21.1. The van der Waals surface area contributed by atoms with E-state index in [9.17, 15) is 28.4 Å². The topological polar surface area (TPSA) is 119 Å². The highest BCUT2D eigenvalue weighted by molar-refractivity contribution is 6.00. The van der Waals surface area contributed by atoms with Crippen LogP contribution >= 0.6 is 0 Å². The van der Waals surface area contributed by atoms with Gasteiger partial charge in [0.15, 0.2) is 0 Å². The molecule has 11 heteroatoms. The average Bonchev–Trinajstić information content (AvgIpc) is 3.67. The number of nitrogens with zero attached hydrogens (tertiary/aromatic N) is 3. The maximum Gasteiger partial charge on any atom is 0.257 e. The van der Waals surface area contributed by atoms with Crippen molar-refractivity contribution < 1.29 is 28.4 Å². The molecule has 3 heterocycles. The van der Waals surface area contributed by atoms with E-state index in [0.717, 1.165) is 12.0 Å². The summed E-state index contributed by atoms with van der Waals surface area (Å²) in [6, 6.07) is 9.96. The smallest absolute Gasteiger partial charge is 0.257 e. The van der Waals surface area contributed by atoms with Gasteiger partial charge in [-0.15, -0.1) is 0 Å². The van der Waals surface area contributed by atoms with Crippen LogP contribution in [0.4, 0.5) is 10.1 Å². The van der Waals surface area contributed by atoms with E-state index < -0.39 is 29.7 Å². The molecule has 0 radical (unpaired) electrons. The van der Waals surface area contributed by atoms with Crippen LogP contribution in [-0.4, -0.2) is 84.1 Å². The molecule has 5 amide bonds. The minimum absolute atomic E-state index is 0.00558. The minimum atomic E-state index is -0.774. The number of rotatable bonds is 3. The standard InChI is InChI=1S/C33H40FN5O5/c1-21(2)27-19-37(32(43)23-8-3-9-24(18-23)38-15-6-11-30(38)41)20-29(40)35-14-4-7-22-12-13-26(34)25(17-22)33(44)39-16-5-10-28(39)31(42)36-27/h3,8-9,12-13,17-18,21,27-28H,4-7,10-11,14-16,19-20H2,1-2H3,(H,35,40)(H,36,42)/t27-,28-/m0/s1. The van der Waals surface area contributed by atoms with Crippen molar-refractivity contribution in [1.29, 1.82) is 0 Å². The van der Waals surface area contributed by atoms with Crippen LogP contribution in [0.15, 0.2) is 42.5 Å². The summed E-state index contributed by atoms with van der Waals surface area (Å²) in [5, 5.41) is 5.90. The lowest BCUT2D eigenvalue weighted by Crippen LogP contribution is -2.54. The van der Waals surface area contributed by atoms with Crippen molar-refractivity contribution in [1.82, 2.24) is 20.4 Å². The molecule has 234 valence electrons. The molecule has 0 saturated carbocycles. The Labute approximate surface area is 256 Å². The quantitative estimate of drug-likeness (QED) is 0.558. The molecule has 2 atom stereocenters. The van der Waals surface area contributed by atoms with Gasteiger partial charge in [0, 0.05) is 49.9 Å². The monoisotopic (exact) mass is 605 g/mol. The van der Waals surface area contributed by atoms with Crippen LogP contribution in [0.5, 0.6) is 0 Å².